The van der Waals surface area contributed by atoms with E-state index in [9.17, 15) is 4.79 Å². The van der Waals surface area contributed by atoms with Gasteiger partial charge in [-0.05, 0) is 69.1 Å². The second-order valence-electron chi connectivity index (χ2n) is 10.1. The zero-order valence-electron chi connectivity index (χ0n) is 20.3. The van der Waals surface area contributed by atoms with E-state index in [2.05, 4.69) is 37.3 Å². The van der Waals surface area contributed by atoms with Gasteiger partial charge in [-0.1, -0.05) is 24.3 Å². The number of benzene rings is 1. The molecule has 3 aliphatic heterocycles. The van der Waals surface area contributed by atoms with Crippen LogP contribution >= 0.6 is 0 Å². The predicted octanol–water partition coefficient (Wildman–Crippen LogP) is 5.22. The highest BCUT2D eigenvalue weighted by Crippen LogP contribution is 2.47. The molecule has 0 amide bonds. The number of carbonyl (C=O) groups is 1. The Morgan fingerprint density at radius 3 is 2.56 bits per heavy atom. The van der Waals surface area contributed by atoms with Crippen molar-refractivity contribution in [2.24, 2.45) is 11.8 Å². The van der Waals surface area contributed by atoms with Crippen molar-refractivity contribution in [1.82, 2.24) is 0 Å². The molecule has 2 unspecified atom stereocenters. The van der Waals surface area contributed by atoms with Gasteiger partial charge in [-0.25, -0.2) is 0 Å². The van der Waals surface area contributed by atoms with Crippen LogP contribution in [0.3, 0.4) is 0 Å². The topological polar surface area (TPSA) is 63.2 Å². The maximum absolute atomic E-state index is 12.2. The van der Waals surface area contributed by atoms with Gasteiger partial charge in [0, 0.05) is 31.3 Å². The van der Waals surface area contributed by atoms with Crippen molar-refractivity contribution < 1.29 is 28.5 Å². The number of hydrogen-bond acceptors (Lipinski definition) is 6. The summed E-state index contributed by atoms with van der Waals surface area (Å²) in [6, 6.07) is 8.52. The van der Waals surface area contributed by atoms with Crippen molar-refractivity contribution in [3.05, 3.63) is 47.2 Å². The minimum atomic E-state index is -0.234. The molecule has 6 nitrogen and oxygen atoms in total. The maximum Gasteiger partial charge on any atom is 0.306 e. The van der Waals surface area contributed by atoms with E-state index >= 15 is 0 Å². The van der Waals surface area contributed by atoms with Gasteiger partial charge in [0.1, 0.15) is 11.9 Å². The molecule has 0 spiro atoms. The smallest absolute Gasteiger partial charge is 0.306 e. The SMILES string of the molecule is Cc1ccccc1CC/C=C(/OC1CCCCO1)[C@@H]1[C@H]2CC(=O)O[C@H]2C[C@@H]1OC1CCCCO1. The molecule has 186 valence electrons. The van der Waals surface area contributed by atoms with Crippen LogP contribution in [0.15, 0.2) is 36.1 Å². The van der Waals surface area contributed by atoms with Crippen molar-refractivity contribution >= 4 is 5.97 Å². The molecule has 3 heterocycles. The molecule has 1 aromatic carbocycles. The second kappa shape index (κ2) is 11.2. The van der Waals surface area contributed by atoms with Crippen molar-refractivity contribution in [3.8, 4) is 0 Å². The van der Waals surface area contributed by atoms with Gasteiger partial charge in [-0.2, -0.15) is 0 Å². The number of fused-ring (bicyclic) bond motifs is 1. The molecule has 0 N–H and O–H groups in total. The summed E-state index contributed by atoms with van der Waals surface area (Å²) < 4.78 is 30.6. The van der Waals surface area contributed by atoms with Crippen molar-refractivity contribution in [2.75, 3.05) is 13.2 Å². The first kappa shape index (κ1) is 23.8. The molecule has 0 radical (unpaired) electrons. The van der Waals surface area contributed by atoms with Crippen molar-refractivity contribution in [3.63, 3.8) is 0 Å². The number of rotatable bonds is 8. The lowest BCUT2D eigenvalue weighted by Gasteiger charge is -2.33. The number of aryl methyl sites for hydroxylation is 2. The third-order valence-electron chi connectivity index (χ3n) is 7.71. The molecule has 0 bridgehead atoms. The molecule has 1 aliphatic carbocycles. The van der Waals surface area contributed by atoms with E-state index in [0.29, 0.717) is 12.8 Å². The molecule has 3 saturated heterocycles. The lowest BCUT2D eigenvalue weighted by atomic mass is 9.89. The van der Waals surface area contributed by atoms with Gasteiger partial charge >= 0.3 is 5.97 Å². The van der Waals surface area contributed by atoms with E-state index in [1.54, 1.807) is 0 Å². The Labute approximate surface area is 202 Å². The highest BCUT2D eigenvalue weighted by Gasteiger charge is 2.53. The number of ether oxygens (including phenoxy) is 5. The Morgan fingerprint density at radius 2 is 1.82 bits per heavy atom. The van der Waals surface area contributed by atoms with Crippen molar-refractivity contribution in [2.45, 2.75) is 95.9 Å². The molecular weight excluding hydrogens is 432 g/mol. The summed E-state index contributed by atoms with van der Waals surface area (Å²) in [5.74, 6) is 0.853. The summed E-state index contributed by atoms with van der Waals surface area (Å²) in [6.45, 7) is 3.63. The molecule has 4 fully saturated rings. The van der Waals surface area contributed by atoms with E-state index < -0.39 is 0 Å². The standard InChI is InChI=1S/C28H38O6/c1-19-9-2-3-10-20(19)11-8-12-22(33-26-13-4-6-15-30-26)28-21-17-25(29)32-23(21)18-24(28)34-27-14-5-7-16-31-27/h2-3,9-10,12,21,23-24,26-28H,4-8,11,13-18H2,1H3/b22-12+/t21-,23-,24-,26?,27?,28-/m0/s1. The lowest BCUT2D eigenvalue weighted by molar-refractivity contribution is -0.201. The third-order valence-corrected chi connectivity index (χ3v) is 7.71. The molecule has 6 atom stereocenters. The Balaban J connectivity index is 1.37. The van der Waals surface area contributed by atoms with Gasteiger partial charge in [-0.15, -0.1) is 0 Å². The Bertz CT molecular complexity index is 854. The predicted molar refractivity (Wildman–Crippen MR) is 127 cm³/mol. The van der Waals surface area contributed by atoms with Gasteiger partial charge in [0.25, 0.3) is 0 Å². The molecule has 34 heavy (non-hydrogen) atoms. The average Bonchev–Trinajstić information content (AvgIpc) is 3.36. The first-order valence-electron chi connectivity index (χ1n) is 13.2. The third kappa shape index (κ3) is 5.67. The lowest BCUT2D eigenvalue weighted by Crippen LogP contribution is -2.34. The second-order valence-corrected chi connectivity index (χ2v) is 10.1. The van der Waals surface area contributed by atoms with Crippen LogP contribution in [0.25, 0.3) is 0 Å². The minimum Gasteiger partial charge on any atom is -0.469 e. The zero-order chi connectivity index (χ0) is 23.3. The number of carbonyl (C=O) groups excluding carboxylic acids is 1. The van der Waals surface area contributed by atoms with Gasteiger partial charge in [0.05, 0.1) is 19.1 Å². The molecule has 4 aliphatic rings. The number of esters is 1. The van der Waals surface area contributed by atoms with Crippen LogP contribution < -0.4 is 0 Å². The van der Waals surface area contributed by atoms with Crippen LogP contribution in [-0.4, -0.2) is 44.0 Å². The average molecular weight is 471 g/mol. The van der Waals surface area contributed by atoms with E-state index in [-0.39, 0.29) is 42.6 Å². The maximum atomic E-state index is 12.2. The van der Waals surface area contributed by atoms with E-state index in [4.69, 9.17) is 23.7 Å². The van der Waals surface area contributed by atoms with Gasteiger partial charge in [0.2, 0.25) is 0 Å². The fraction of sp³-hybridized carbons (Fsp3) is 0.679. The Kier molecular flexibility index (Phi) is 7.87. The van der Waals surface area contributed by atoms with Crippen molar-refractivity contribution in [1.29, 1.82) is 0 Å². The first-order valence-corrected chi connectivity index (χ1v) is 13.2. The van der Waals surface area contributed by atoms with Crippen LogP contribution in [0.5, 0.6) is 0 Å². The van der Waals surface area contributed by atoms with E-state index in [0.717, 1.165) is 70.3 Å². The summed E-state index contributed by atoms with van der Waals surface area (Å²) in [7, 11) is 0. The van der Waals surface area contributed by atoms with Crippen LogP contribution in [0.1, 0.15) is 68.9 Å². The summed E-state index contributed by atoms with van der Waals surface area (Å²) in [4.78, 5) is 12.2. The molecule has 6 heteroatoms. The summed E-state index contributed by atoms with van der Waals surface area (Å²) in [6.07, 6.45) is 10.7. The quantitative estimate of drug-likeness (QED) is 0.384. The molecule has 0 aromatic heterocycles. The highest BCUT2D eigenvalue weighted by atomic mass is 16.7. The summed E-state index contributed by atoms with van der Waals surface area (Å²) in [5.41, 5.74) is 2.65. The van der Waals surface area contributed by atoms with E-state index in [1.165, 1.54) is 11.1 Å². The molecular formula is C28H38O6. The first-order chi connectivity index (χ1) is 16.7. The zero-order valence-corrected chi connectivity index (χ0v) is 20.3. The summed E-state index contributed by atoms with van der Waals surface area (Å²) in [5, 5.41) is 0. The van der Waals surface area contributed by atoms with Gasteiger partial charge < -0.3 is 23.7 Å². The minimum absolute atomic E-state index is 0.0237. The highest BCUT2D eigenvalue weighted by molar-refractivity contribution is 5.72. The fourth-order valence-corrected chi connectivity index (χ4v) is 5.89. The fourth-order valence-electron chi connectivity index (χ4n) is 5.89. The van der Waals surface area contributed by atoms with Crippen LogP contribution in [0, 0.1) is 18.8 Å². The van der Waals surface area contributed by atoms with Crippen LogP contribution in [0.4, 0.5) is 0 Å². The normalized spacial score (nSPS) is 34.0. The van der Waals surface area contributed by atoms with Gasteiger partial charge in [0.15, 0.2) is 12.6 Å². The Hall–Kier alpha value is -1.89. The number of allylic oxidation sites excluding steroid dienone is 1. The molecule has 5 rings (SSSR count). The largest absolute Gasteiger partial charge is 0.469 e. The van der Waals surface area contributed by atoms with Crippen LogP contribution in [0.2, 0.25) is 0 Å². The monoisotopic (exact) mass is 470 g/mol. The molecule has 1 aromatic rings. The number of hydrogen-bond donors (Lipinski definition) is 0. The summed E-state index contributed by atoms with van der Waals surface area (Å²) >= 11 is 0. The molecule has 1 saturated carbocycles. The van der Waals surface area contributed by atoms with Gasteiger partial charge in [-0.3, -0.25) is 4.79 Å². The van der Waals surface area contributed by atoms with E-state index in [1.807, 2.05) is 0 Å². The Morgan fingerprint density at radius 1 is 1.06 bits per heavy atom. The van der Waals surface area contributed by atoms with Crippen LogP contribution in [-0.2, 0) is 34.9 Å².